The SMILES string of the molecule is CCCCn1c(=O)c(C(=O)O)c(-c2cccc(C)c2)c2cccnc21. The topological polar surface area (TPSA) is 72.2 Å². The van der Waals surface area contributed by atoms with Gasteiger partial charge in [0.15, 0.2) is 0 Å². The highest BCUT2D eigenvalue weighted by Gasteiger charge is 2.23. The lowest BCUT2D eigenvalue weighted by atomic mass is 9.96. The molecule has 0 aliphatic carbocycles. The lowest BCUT2D eigenvalue weighted by Crippen LogP contribution is -2.28. The van der Waals surface area contributed by atoms with Crippen LogP contribution in [0.4, 0.5) is 0 Å². The maximum absolute atomic E-state index is 13.0. The molecule has 5 nitrogen and oxygen atoms in total. The molecule has 0 saturated carbocycles. The Morgan fingerprint density at radius 2 is 2.04 bits per heavy atom. The molecule has 128 valence electrons. The number of aromatic carboxylic acids is 1. The largest absolute Gasteiger partial charge is 0.477 e. The highest BCUT2D eigenvalue weighted by molar-refractivity contribution is 6.05. The minimum absolute atomic E-state index is 0.192. The van der Waals surface area contributed by atoms with Gasteiger partial charge in [-0.2, -0.15) is 0 Å². The standard InChI is InChI=1S/C20H20N2O3/c1-3-4-11-22-18-15(9-6-10-21-18)16(17(19(22)23)20(24)25)14-8-5-7-13(2)12-14/h5-10,12H,3-4,11H2,1-2H3,(H,24,25). The molecule has 0 atom stereocenters. The van der Waals surface area contributed by atoms with E-state index in [2.05, 4.69) is 4.98 Å². The third-order valence-corrected chi connectivity index (χ3v) is 4.28. The summed E-state index contributed by atoms with van der Waals surface area (Å²) in [6, 6.07) is 11.1. The van der Waals surface area contributed by atoms with Crippen LogP contribution >= 0.6 is 0 Å². The van der Waals surface area contributed by atoms with Crippen molar-refractivity contribution in [2.45, 2.75) is 33.2 Å². The Bertz CT molecular complexity index is 1010. The van der Waals surface area contributed by atoms with Crippen molar-refractivity contribution in [1.29, 1.82) is 0 Å². The van der Waals surface area contributed by atoms with Gasteiger partial charge in [-0.25, -0.2) is 9.78 Å². The van der Waals surface area contributed by atoms with Gasteiger partial charge in [0.25, 0.3) is 5.56 Å². The van der Waals surface area contributed by atoms with Crippen molar-refractivity contribution in [3.05, 3.63) is 64.1 Å². The second-order valence-corrected chi connectivity index (χ2v) is 6.11. The number of benzene rings is 1. The molecule has 25 heavy (non-hydrogen) atoms. The molecule has 1 aromatic carbocycles. The fraction of sp³-hybridized carbons (Fsp3) is 0.250. The smallest absolute Gasteiger partial charge is 0.342 e. The van der Waals surface area contributed by atoms with Gasteiger partial charge in [0.1, 0.15) is 11.2 Å². The van der Waals surface area contributed by atoms with Crippen LogP contribution in [0.3, 0.4) is 0 Å². The van der Waals surface area contributed by atoms with E-state index in [9.17, 15) is 14.7 Å². The lowest BCUT2D eigenvalue weighted by molar-refractivity contribution is 0.0695. The predicted molar refractivity (Wildman–Crippen MR) is 98.0 cm³/mol. The molecule has 3 aromatic rings. The molecule has 3 rings (SSSR count). The number of carboxylic acid groups (broad SMARTS) is 1. The van der Waals surface area contributed by atoms with Gasteiger partial charge < -0.3 is 5.11 Å². The summed E-state index contributed by atoms with van der Waals surface area (Å²) >= 11 is 0. The molecule has 0 saturated heterocycles. The third-order valence-electron chi connectivity index (χ3n) is 4.28. The van der Waals surface area contributed by atoms with Crippen LogP contribution in [0.25, 0.3) is 22.2 Å². The Morgan fingerprint density at radius 3 is 2.72 bits per heavy atom. The molecule has 0 aliphatic heterocycles. The molecule has 0 spiro atoms. The van der Waals surface area contributed by atoms with Crippen LogP contribution in [-0.4, -0.2) is 20.6 Å². The van der Waals surface area contributed by atoms with Crippen molar-refractivity contribution in [3.63, 3.8) is 0 Å². The molecular weight excluding hydrogens is 316 g/mol. The number of aromatic nitrogens is 2. The van der Waals surface area contributed by atoms with Crippen LogP contribution in [-0.2, 0) is 6.54 Å². The number of hydrogen-bond acceptors (Lipinski definition) is 3. The van der Waals surface area contributed by atoms with E-state index in [0.29, 0.717) is 23.1 Å². The minimum atomic E-state index is -1.21. The molecule has 0 aliphatic rings. The Morgan fingerprint density at radius 1 is 1.24 bits per heavy atom. The van der Waals surface area contributed by atoms with E-state index in [0.717, 1.165) is 24.0 Å². The van der Waals surface area contributed by atoms with E-state index in [1.807, 2.05) is 44.2 Å². The number of fused-ring (bicyclic) bond motifs is 1. The maximum Gasteiger partial charge on any atom is 0.342 e. The first-order valence-corrected chi connectivity index (χ1v) is 8.36. The second-order valence-electron chi connectivity index (χ2n) is 6.11. The Labute approximate surface area is 145 Å². The number of nitrogens with zero attached hydrogens (tertiary/aromatic N) is 2. The molecule has 0 radical (unpaired) electrons. The Hall–Kier alpha value is -2.95. The Balaban J connectivity index is 2.46. The van der Waals surface area contributed by atoms with Crippen molar-refractivity contribution >= 4 is 17.0 Å². The normalized spacial score (nSPS) is 11.0. The monoisotopic (exact) mass is 336 g/mol. The average Bonchev–Trinajstić information content (AvgIpc) is 2.59. The number of rotatable bonds is 5. The molecular formula is C20H20N2O3. The molecule has 0 unspecified atom stereocenters. The van der Waals surface area contributed by atoms with E-state index in [1.54, 1.807) is 12.3 Å². The molecule has 5 heteroatoms. The molecule has 0 fully saturated rings. The third kappa shape index (κ3) is 3.05. The summed E-state index contributed by atoms with van der Waals surface area (Å²) < 4.78 is 1.49. The number of pyridine rings is 2. The summed E-state index contributed by atoms with van der Waals surface area (Å²) in [5.74, 6) is -1.21. The number of unbranched alkanes of at least 4 members (excludes halogenated alkanes) is 1. The summed E-state index contributed by atoms with van der Waals surface area (Å²) in [5, 5.41) is 10.4. The summed E-state index contributed by atoms with van der Waals surface area (Å²) in [6.45, 7) is 4.42. The minimum Gasteiger partial charge on any atom is -0.477 e. The van der Waals surface area contributed by atoms with Gasteiger partial charge >= 0.3 is 5.97 Å². The summed E-state index contributed by atoms with van der Waals surface area (Å²) in [6.07, 6.45) is 3.32. The number of aryl methyl sites for hydroxylation is 2. The van der Waals surface area contributed by atoms with Gasteiger partial charge in [0.05, 0.1) is 0 Å². The summed E-state index contributed by atoms with van der Waals surface area (Å²) in [4.78, 5) is 29.3. The van der Waals surface area contributed by atoms with Crippen LogP contribution < -0.4 is 5.56 Å². The van der Waals surface area contributed by atoms with Gasteiger partial charge in [0.2, 0.25) is 0 Å². The predicted octanol–water partition coefficient (Wildman–Crippen LogP) is 3.87. The van der Waals surface area contributed by atoms with Gasteiger partial charge in [-0.3, -0.25) is 9.36 Å². The summed E-state index contributed by atoms with van der Waals surface area (Å²) in [5.41, 5.74) is 2.00. The van der Waals surface area contributed by atoms with Crippen molar-refractivity contribution in [2.75, 3.05) is 0 Å². The molecule has 0 amide bonds. The molecule has 2 heterocycles. The van der Waals surface area contributed by atoms with Crippen molar-refractivity contribution in [1.82, 2.24) is 9.55 Å². The van der Waals surface area contributed by atoms with Crippen LogP contribution in [0.5, 0.6) is 0 Å². The zero-order valence-corrected chi connectivity index (χ0v) is 14.3. The zero-order valence-electron chi connectivity index (χ0n) is 14.3. The zero-order chi connectivity index (χ0) is 18.0. The van der Waals surface area contributed by atoms with E-state index < -0.39 is 11.5 Å². The first-order valence-electron chi connectivity index (χ1n) is 8.36. The van der Waals surface area contributed by atoms with Crippen molar-refractivity contribution < 1.29 is 9.90 Å². The van der Waals surface area contributed by atoms with Crippen molar-refractivity contribution in [3.8, 4) is 11.1 Å². The van der Waals surface area contributed by atoms with Gasteiger partial charge in [0, 0.05) is 23.7 Å². The number of hydrogen-bond donors (Lipinski definition) is 1. The fourth-order valence-corrected chi connectivity index (χ4v) is 3.10. The van der Waals surface area contributed by atoms with E-state index in [1.165, 1.54) is 4.57 Å². The fourth-order valence-electron chi connectivity index (χ4n) is 3.10. The van der Waals surface area contributed by atoms with Crippen molar-refractivity contribution in [2.24, 2.45) is 0 Å². The molecule has 2 aromatic heterocycles. The van der Waals surface area contributed by atoms with Crippen LogP contribution in [0.2, 0.25) is 0 Å². The van der Waals surface area contributed by atoms with E-state index in [4.69, 9.17) is 0 Å². The lowest BCUT2D eigenvalue weighted by Gasteiger charge is -2.15. The molecule has 0 bridgehead atoms. The van der Waals surface area contributed by atoms with Crippen LogP contribution in [0.1, 0.15) is 35.7 Å². The first kappa shape index (κ1) is 16.9. The van der Waals surface area contributed by atoms with E-state index >= 15 is 0 Å². The van der Waals surface area contributed by atoms with Gasteiger partial charge in [-0.05, 0) is 31.0 Å². The Kier molecular flexibility index (Phi) is 4.65. The van der Waals surface area contributed by atoms with Gasteiger partial charge in [-0.15, -0.1) is 0 Å². The number of carboxylic acids is 1. The quantitative estimate of drug-likeness (QED) is 0.767. The average molecular weight is 336 g/mol. The van der Waals surface area contributed by atoms with Crippen LogP contribution in [0, 0.1) is 6.92 Å². The first-order chi connectivity index (χ1) is 12.0. The second kappa shape index (κ2) is 6.89. The highest BCUT2D eigenvalue weighted by atomic mass is 16.4. The number of carbonyl (C=O) groups is 1. The van der Waals surface area contributed by atoms with E-state index in [-0.39, 0.29) is 5.56 Å². The summed E-state index contributed by atoms with van der Waals surface area (Å²) in [7, 11) is 0. The highest BCUT2D eigenvalue weighted by Crippen LogP contribution is 2.30. The van der Waals surface area contributed by atoms with Crippen LogP contribution in [0.15, 0.2) is 47.4 Å². The van der Waals surface area contributed by atoms with Gasteiger partial charge in [-0.1, -0.05) is 43.2 Å². The molecule has 1 N–H and O–H groups in total. The maximum atomic E-state index is 13.0.